The summed E-state index contributed by atoms with van der Waals surface area (Å²) in [6.45, 7) is 4.73. The summed E-state index contributed by atoms with van der Waals surface area (Å²) in [7, 11) is 3.57. The van der Waals surface area contributed by atoms with Crippen LogP contribution in [0.1, 0.15) is 12.2 Å². The average Bonchev–Trinajstić information content (AvgIpc) is 2.95. The van der Waals surface area contributed by atoms with Crippen molar-refractivity contribution in [1.82, 2.24) is 14.3 Å². The third-order valence-corrected chi connectivity index (χ3v) is 5.49. The summed E-state index contributed by atoms with van der Waals surface area (Å²) in [5.74, 6) is 1.35. The molecule has 0 spiro atoms. The van der Waals surface area contributed by atoms with E-state index in [0.717, 1.165) is 44.4 Å². The molecular formula is C18H27N6O2S+. The summed E-state index contributed by atoms with van der Waals surface area (Å²) in [5, 5.41) is 4.59. The summed E-state index contributed by atoms with van der Waals surface area (Å²) in [4.78, 5) is 14.8. The number of nitrogens with one attached hydrogen (secondary N) is 1. The molecule has 0 atom stereocenters. The van der Waals surface area contributed by atoms with Gasteiger partial charge in [-0.3, -0.25) is 4.79 Å². The van der Waals surface area contributed by atoms with Crippen molar-refractivity contribution < 1.29 is 14.4 Å². The van der Waals surface area contributed by atoms with E-state index >= 15 is 0 Å². The van der Waals surface area contributed by atoms with Gasteiger partial charge in [0.15, 0.2) is 6.67 Å². The lowest BCUT2D eigenvalue weighted by Crippen LogP contribution is -3.14. The second-order valence-corrected chi connectivity index (χ2v) is 7.18. The number of ether oxygens (including phenoxy) is 1. The number of hydrogen-bond acceptors (Lipinski definition) is 5. The first-order valence-corrected chi connectivity index (χ1v) is 9.52. The molecule has 8 nitrogen and oxygen atoms in total. The minimum Gasteiger partial charge on any atom is -0.497 e. The molecule has 1 aliphatic rings. The van der Waals surface area contributed by atoms with Crippen LogP contribution in [-0.2, 0) is 24.9 Å². The number of methoxy groups -OCH3 is 1. The van der Waals surface area contributed by atoms with Gasteiger partial charge in [-0.1, -0.05) is 0 Å². The Balaban J connectivity index is 1.58. The molecular weight excluding hydrogens is 364 g/mol. The number of amides is 1. The number of carbonyl (C=O) groups excluding carboxylic acids is 1. The standard InChI is InChI=1S/C18H26N6O2S/c1-21-17(8-7-16(19)25)20-24(18(21)27)13-22-9-11-23(12-10-22)14-3-5-15(26-2)6-4-14/h3-6H,7-13H2,1-2H3,(H2,19,25)/p+1. The van der Waals surface area contributed by atoms with Crippen LogP contribution in [0.2, 0.25) is 0 Å². The highest BCUT2D eigenvalue weighted by Gasteiger charge is 2.21. The summed E-state index contributed by atoms with van der Waals surface area (Å²) < 4.78 is 9.63. The average molecular weight is 392 g/mol. The summed E-state index contributed by atoms with van der Waals surface area (Å²) in [6.07, 6.45) is 0.802. The number of nitrogens with two attached hydrogens (primary N) is 1. The van der Waals surface area contributed by atoms with E-state index < -0.39 is 0 Å². The maximum atomic E-state index is 11.0. The Kier molecular flexibility index (Phi) is 6.12. The van der Waals surface area contributed by atoms with E-state index in [1.165, 1.54) is 10.6 Å². The highest BCUT2D eigenvalue weighted by Crippen LogP contribution is 2.18. The number of nitrogens with zero attached hydrogens (tertiary/aromatic N) is 4. The van der Waals surface area contributed by atoms with Gasteiger partial charge in [-0.05, 0) is 36.5 Å². The van der Waals surface area contributed by atoms with Crippen LogP contribution in [0.4, 0.5) is 5.69 Å². The summed E-state index contributed by atoms with van der Waals surface area (Å²) in [5.41, 5.74) is 6.46. The van der Waals surface area contributed by atoms with Crippen LogP contribution in [-0.4, -0.2) is 53.5 Å². The fourth-order valence-electron chi connectivity index (χ4n) is 3.33. The number of benzene rings is 1. The third-order valence-electron chi connectivity index (χ3n) is 5.01. The lowest BCUT2D eigenvalue weighted by molar-refractivity contribution is -0.924. The second-order valence-electron chi connectivity index (χ2n) is 6.82. The minimum absolute atomic E-state index is 0.285. The minimum atomic E-state index is -0.323. The molecule has 1 fully saturated rings. The van der Waals surface area contributed by atoms with Gasteiger partial charge >= 0.3 is 0 Å². The van der Waals surface area contributed by atoms with Gasteiger partial charge in [0.25, 0.3) is 0 Å². The molecule has 1 aromatic carbocycles. The Morgan fingerprint density at radius 2 is 1.96 bits per heavy atom. The number of aromatic nitrogens is 3. The van der Waals surface area contributed by atoms with Crippen molar-refractivity contribution in [3.05, 3.63) is 34.9 Å². The number of quaternary nitrogens is 1. The van der Waals surface area contributed by atoms with E-state index in [4.69, 9.17) is 22.7 Å². The molecule has 27 heavy (non-hydrogen) atoms. The van der Waals surface area contributed by atoms with Gasteiger partial charge in [-0.15, -0.1) is 0 Å². The molecule has 0 bridgehead atoms. The molecule has 146 valence electrons. The van der Waals surface area contributed by atoms with Crippen molar-refractivity contribution in [3.8, 4) is 5.75 Å². The van der Waals surface area contributed by atoms with E-state index in [2.05, 4.69) is 22.1 Å². The molecule has 2 aromatic rings. The van der Waals surface area contributed by atoms with Crippen LogP contribution >= 0.6 is 12.2 Å². The topological polar surface area (TPSA) is 82.8 Å². The fraction of sp³-hybridized carbons (Fsp3) is 0.500. The number of primary amides is 1. The largest absolute Gasteiger partial charge is 0.497 e. The van der Waals surface area contributed by atoms with Crippen LogP contribution in [0.25, 0.3) is 0 Å². The Morgan fingerprint density at radius 1 is 1.30 bits per heavy atom. The first-order valence-electron chi connectivity index (χ1n) is 9.11. The smallest absolute Gasteiger partial charge is 0.217 e. The lowest BCUT2D eigenvalue weighted by Gasteiger charge is -2.33. The Morgan fingerprint density at radius 3 is 2.56 bits per heavy atom. The van der Waals surface area contributed by atoms with Gasteiger partial charge in [0.05, 0.1) is 33.3 Å². The van der Waals surface area contributed by atoms with Gasteiger partial charge in [0.2, 0.25) is 10.7 Å². The quantitative estimate of drug-likeness (QED) is 0.636. The second kappa shape index (κ2) is 8.53. The number of anilines is 1. The first-order chi connectivity index (χ1) is 13.0. The Bertz CT molecular complexity index is 837. The van der Waals surface area contributed by atoms with E-state index in [1.54, 1.807) is 7.11 Å². The van der Waals surface area contributed by atoms with Crippen LogP contribution < -0.4 is 20.3 Å². The molecule has 9 heteroatoms. The van der Waals surface area contributed by atoms with Gasteiger partial charge in [-0.25, -0.2) is 0 Å². The van der Waals surface area contributed by atoms with E-state index in [-0.39, 0.29) is 12.3 Å². The van der Waals surface area contributed by atoms with Crippen molar-refractivity contribution >= 4 is 23.8 Å². The highest BCUT2D eigenvalue weighted by atomic mass is 32.1. The predicted molar refractivity (Wildman–Crippen MR) is 105 cm³/mol. The molecule has 1 aromatic heterocycles. The summed E-state index contributed by atoms with van der Waals surface area (Å²) >= 11 is 5.50. The Labute approximate surface area is 164 Å². The SMILES string of the molecule is COc1ccc(N2CC[NH+](Cn3nc(CCC(N)=O)n(C)c3=S)CC2)cc1. The number of rotatable bonds is 7. The van der Waals surface area contributed by atoms with Gasteiger partial charge < -0.3 is 24.8 Å². The molecule has 0 radical (unpaired) electrons. The van der Waals surface area contributed by atoms with Gasteiger partial charge in [0.1, 0.15) is 11.6 Å². The van der Waals surface area contributed by atoms with Crippen molar-refractivity contribution in [2.45, 2.75) is 19.5 Å². The number of carbonyl (C=O) groups is 1. The fourth-order valence-corrected chi connectivity index (χ4v) is 3.54. The lowest BCUT2D eigenvalue weighted by atomic mass is 10.2. The van der Waals surface area contributed by atoms with Crippen molar-refractivity contribution in [2.24, 2.45) is 12.8 Å². The zero-order valence-corrected chi connectivity index (χ0v) is 16.7. The molecule has 2 heterocycles. The maximum Gasteiger partial charge on any atom is 0.217 e. The normalized spacial score (nSPS) is 15.1. The first kappa shape index (κ1) is 19.4. The molecule has 1 aliphatic heterocycles. The predicted octanol–water partition coefficient (Wildman–Crippen LogP) is -0.260. The molecule has 0 saturated carbocycles. The number of hydrogen-bond donors (Lipinski definition) is 2. The zero-order valence-electron chi connectivity index (χ0n) is 15.9. The van der Waals surface area contributed by atoms with Gasteiger partial charge in [-0.2, -0.15) is 9.78 Å². The van der Waals surface area contributed by atoms with Crippen LogP contribution in [0.15, 0.2) is 24.3 Å². The molecule has 3 N–H and O–H groups in total. The van der Waals surface area contributed by atoms with E-state index in [0.29, 0.717) is 11.2 Å². The van der Waals surface area contributed by atoms with E-state index in [1.807, 2.05) is 28.4 Å². The molecule has 0 aliphatic carbocycles. The molecule has 1 saturated heterocycles. The van der Waals surface area contributed by atoms with Gasteiger partial charge in [0, 0.05) is 25.6 Å². The third kappa shape index (κ3) is 4.67. The zero-order chi connectivity index (χ0) is 19.4. The van der Waals surface area contributed by atoms with Crippen LogP contribution in [0.3, 0.4) is 0 Å². The van der Waals surface area contributed by atoms with Crippen molar-refractivity contribution in [1.29, 1.82) is 0 Å². The molecule has 0 unspecified atom stereocenters. The molecule has 1 amide bonds. The highest BCUT2D eigenvalue weighted by molar-refractivity contribution is 7.71. The Hall–Kier alpha value is -2.39. The summed E-state index contributed by atoms with van der Waals surface area (Å²) in [6, 6.07) is 8.19. The monoisotopic (exact) mass is 391 g/mol. The molecule has 3 rings (SSSR count). The van der Waals surface area contributed by atoms with Crippen molar-refractivity contribution in [3.63, 3.8) is 0 Å². The van der Waals surface area contributed by atoms with Crippen molar-refractivity contribution in [2.75, 3.05) is 38.2 Å². The van der Waals surface area contributed by atoms with E-state index in [9.17, 15) is 4.79 Å². The maximum absolute atomic E-state index is 11.0. The van der Waals surface area contributed by atoms with Crippen LogP contribution in [0.5, 0.6) is 5.75 Å². The number of piperazine rings is 1. The number of aryl methyl sites for hydroxylation is 1. The van der Waals surface area contributed by atoms with Crippen LogP contribution in [0, 0.1) is 4.77 Å².